The van der Waals surface area contributed by atoms with E-state index in [9.17, 15) is 4.79 Å². The fourth-order valence-corrected chi connectivity index (χ4v) is 3.39. The Hall–Kier alpha value is -3.20. The molecule has 3 aromatic rings. The molecule has 0 saturated carbocycles. The lowest BCUT2D eigenvalue weighted by Crippen LogP contribution is -2.61. The molecule has 0 radical (unpaired) electrons. The fraction of sp³-hybridized carbons (Fsp3) is 0.200. The number of nitrogens with two attached hydrogens (primary N) is 2. The van der Waals surface area contributed by atoms with Gasteiger partial charge in [0.25, 0.3) is 6.01 Å². The van der Waals surface area contributed by atoms with Gasteiger partial charge in [0.2, 0.25) is 5.91 Å². The van der Waals surface area contributed by atoms with E-state index in [1.54, 1.807) is 23.1 Å². The number of amides is 1. The third kappa shape index (κ3) is 1.46. The zero-order chi connectivity index (χ0) is 16.5. The van der Waals surface area contributed by atoms with Crippen LogP contribution in [0.15, 0.2) is 28.9 Å². The van der Waals surface area contributed by atoms with Crippen LogP contribution < -0.4 is 21.7 Å². The highest BCUT2D eigenvalue weighted by atomic mass is 16.4. The maximum Gasteiger partial charge on any atom is 0.292 e. The van der Waals surface area contributed by atoms with Crippen molar-refractivity contribution in [3.63, 3.8) is 0 Å². The van der Waals surface area contributed by atoms with Crippen molar-refractivity contribution in [1.29, 1.82) is 0 Å². The molecule has 0 unspecified atom stereocenters. The minimum Gasteiger partial charge on any atom is -0.424 e. The molecule has 2 aliphatic heterocycles. The number of nitrogens with one attached hydrogen (secondary N) is 1. The summed E-state index contributed by atoms with van der Waals surface area (Å²) < 4.78 is 5.28. The third-order valence-electron chi connectivity index (χ3n) is 4.64. The van der Waals surface area contributed by atoms with Crippen molar-refractivity contribution in [3.05, 3.63) is 30.2 Å². The van der Waals surface area contributed by atoms with Crippen LogP contribution in [0.3, 0.4) is 0 Å². The number of nitrogen functional groups attached to an aromatic ring is 2. The van der Waals surface area contributed by atoms with Gasteiger partial charge in [-0.3, -0.25) is 9.69 Å². The molecule has 1 fully saturated rings. The van der Waals surface area contributed by atoms with Crippen molar-refractivity contribution in [2.45, 2.75) is 5.41 Å². The van der Waals surface area contributed by atoms with Gasteiger partial charge in [-0.25, -0.2) is 9.97 Å². The number of carbonyl (C=O) groups is 1. The van der Waals surface area contributed by atoms with Crippen LogP contribution in [0.5, 0.6) is 0 Å². The topological polar surface area (TPSA) is 136 Å². The molecule has 0 atom stereocenters. The van der Waals surface area contributed by atoms with Crippen molar-refractivity contribution >= 4 is 40.2 Å². The number of fused-ring (bicyclic) bond motifs is 3. The molecule has 1 spiro atoms. The largest absolute Gasteiger partial charge is 0.424 e. The number of anilines is 4. The lowest BCUT2D eigenvalue weighted by atomic mass is 9.79. The summed E-state index contributed by atoms with van der Waals surface area (Å²) in [6.07, 6.45) is 1.40. The number of rotatable bonds is 1. The van der Waals surface area contributed by atoms with Gasteiger partial charge in [0.05, 0.1) is 11.4 Å². The lowest BCUT2D eigenvalue weighted by molar-refractivity contribution is -0.124. The van der Waals surface area contributed by atoms with Crippen LogP contribution in [0.2, 0.25) is 0 Å². The van der Waals surface area contributed by atoms with Crippen LogP contribution in [-0.4, -0.2) is 33.9 Å². The van der Waals surface area contributed by atoms with E-state index in [1.165, 1.54) is 6.33 Å². The smallest absolute Gasteiger partial charge is 0.292 e. The number of aromatic nitrogens is 3. The highest BCUT2D eigenvalue weighted by Gasteiger charge is 2.57. The van der Waals surface area contributed by atoms with Crippen LogP contribution >= 0.6 is 0 Å². The minimum atomic E-state index is -0.676. The standard InChI is InChI=1S/C15H13N7O2/c16-12-10-11(19-6-20-12)15(4-18-5-15)13(23)22(10)7-1-2-9-8(3-7)21-14(17)24-9/h1-3,6,18H,4-5H2,(H2,17,21)(H2,16,19,20). The Labute approximate surface area is 135 Å². The van der Waals surface area contributed by atoms with Crippen molar-refractivity contribution in [3.8, 4) is 0 Å². The average molecular weight is 323 g/mol. The number of carbonyl (C=O) groups excluding carboxylic acids is 1. The van der Waals surface area contributed by atoms with E-state index in [0.717, 1.165) is 0 Å². The van der Waals surface area contributed by atoms with Crippen LogP contribution in [0.4, 0.5) is 23.2 Å². The Morgan fingerprint density at radius 3 is 2.83 bits per heavy atom. The van der Waals surface area contributed by atoms with E-state index in [2.05, 4.69) is 20.3 Å². The summed E-state index contributed by atoms with van der Waals surface area (Å²) in [6.45, 7) is 1.07. The van der Waals surface area contributed by atoms with Gasteiger partial charge < -0.3 is 21.2 Å². The number of hydrogen-bond donors (Lipinski definition) is 3. The van der Waals surface area contributed by atoms with E-state index in [-0.39, 0.29) is 17.7 Å². The van der Waals surface area contributed by atoms with Gasteiger partial charge in [-0.2, -0.15) is 4.98 Å². The Kier molecular flexibility index (Phi) is 2.32. The first-order chi connectivity index (χ1) is 11.6. The van der Waals surface area contributed by atoms with Gasteiger partial charge in [-0.1, -0.05) is 0 Å². The molecular formula is C15H13N7O2. The molecule has 4 heterocycles. The molecule has 24 heavy (non-hydrogen) atoms. The Morgan fingerprint density at radius 1 is 1.25 bits per heavy atom. The molecule has 0 aliphatic carbocycles. The second-order valence-corrected chi connectivity index (χ2v) is 5.99. The Bertz CT molecular complexity index is 1010. The molecule has 0 bridgehead atoms. The van der Waals surface area contributed by atoms with Crippen molar-refractivity contribution < 1.29 is 9.21 Å². The van der Waals surface area contributed by atoms with E-state index in [1.807, 2.05) is 0 Å². The van der Waals surface area contributed by atoms with Crippen LogP contribution in [0.25, 0.3) is 11.1 Å². The van der Waals surface area contributed by atoms with E-state index < -0.39 is 5.41 Å². The van der Waals surface area contributed by atoms with Gasteiger partial charge >= 0.3 is 0 Å². The summed E-state index contributed by atoms with van der Waals surface area (Å²) in [6, 6.07) is 5.32. The molecule has 1 aromatic carbocycles. The van der Waals surface area contributed by atoms with Gasteiger partial charge in [0.15, 0.2) is 11.4 Å². The van der Waals surface area contributed by atoms with Crippen LogP contribution in [-0.2, 0) is 10.2 Å². The molecule has 120 valence electrons. The second-order valence-electron chi connectivity index (χ2n) is 5.99. The minimum absolute atomic E-state index is 0.0701. The Morgan fingerprint density at radius 2 is 2.08 bits per heavy atom. The van der Waals surface area contributed by atoms with Crippen LogP contribution in [0, 0.1) is 0 Å². The van der Waals surface area contributed by atoms with E-state index >= 15 is 0 Å². The third-order valence-corrected chi connectivity index (χ3v) is 4.64. The molecular weight excluding hydrogens is 310 g/mol. The molecule has 1 saturated heterocycles. The maximum absolute atomic E-state index is 13.2. The van der Waals surface area contributed by atoms with Crippen molar-refractivity contribution in [2.75, 3.05) is 29.5 Å². The normalized spacial score (nSPS) is 18.2. The molecule has 5 N–H and O–H groups in total. The summed E-state index contributed by atoms with van der Waals surface area (Å²) in [4.78, 5) is 27.2. The van der Waals surface area contributed by atoms with Crippen molar-refractivity contribution in [1.82, 2.24) is 20.3 Å². The molecule has 2 aromatic heterocycles. The van der Waals surface area contributed by atoms with E-state index in [0.29, 0.717) is 41.3 Å². The molecule has 1 amide bonds. The monoisotopic (exact) mass is 323 g/mol. The van der Waals surface area contributed by atoms with Gasteiger partial charge in [-0.05, 0) is 18.2 Å². The first-order valence-corrected chi connectivity index (χ1v) is 7.42. The molecule has 2 aliphatic rings. The number of nitrogens with zero attached hydrogens (tertiary/aromatic N) is 4. The highest BCUT2D eigenvalue weighted by Crippen LogP contribution is 2.48. The number of oxazole rings is 1. The predicted molar refractivity (Wildman–Crippen MR) is 86.6 cm³/mol. The van der Waals surface area contributed by atoms with Crippen LogP contribution in [0.1, 0.15) is 5.69 Å². The maximum atomic E-state index is 13.2. The average Bonchev–Trinajstić information content (AvgIpc) is 3.00. The lowest BCUT2D eigenvalue weighted by Gasteiger charge is -2.36. The zero-order valence-corrected chi connectivity index (χ0v) is 12.5. The summed E-state index contributed by atoms with van der Waals surface area (Å²) in [7, 11) is 0. The Balaban J connectivity index is 1.74. The zero-order valence-electron chi connectivity index (χ0n) is 12.5. The summed E-state index contributed by atoms with van der Waals surface area (Å²) >= 11 is 0. The molecule has 9 nitrogen and oxygen atoms in total. The summed E-state index contributed by atoms with van der Waals surface area (Å²) in [5.41, 5.74) is 13.9. The van der Waals surface area contributed by atoms with Crippen molar-refractivity contribution in [2.24, 2.45) is 0 Å². The highest BCUT2D eigenvalue weighted by molar-refractivity contribution is 6.15. The van der Waals surface area contributed by atoms with Gasteiger partial charge in [-0.15, -0.1) is 0 Å². The van der Waals surface area contributed by atoms with Gasteiger partial charge in [0, 0.05) is 13.1 Å². The predicted octanol–water partition coefficient (Wildman–Crippen LogP) is 0.302. The SMILES string of the molecule is Nc1nc2cc(N3C(=O)C4(CNC4)c4ncnc(N)c43)ccc2o1. The summed E-state index contributed by atoms with van der Waals surface area (Å²) in [5.74, 6) is 0.205. The first-order valence-electron chi connectivity index (χ1n) is 7.42. The quantitative estimate of drug-likeness (QED) is 0.581. The van der Waals surface area contributed by atoms with Gasteiger partial charge in [0.1, 0.15) is 22.9 Å². The number of hydrogen-bond acceptors (Lipinski definition) is 8. The molecule has 5 rings (SSSR count). The fourth-order valence-electron chi connectivity index (χ4n) is 3.39. The number of benzene rings is 1. The summed E-state index contributed by atoms with van der Waals surface area (Å²) in [5, 5.41) is 3.15. The van der Waals surface area contributed by atoms with E-state index in [4.69, 9.17) is 15.9 Å². The first kappa shape index (κ1) is 13.3. The second kappa shape index (κ2) is 4.20. The molecule has 9 heteroatoms.